The summed E-state index contributed by atoms with van der Waals surface area (Å²) >= 11 is 0. The molecule has 172 valence electrons. The summed E-state index contributed by atoms with van der Waals surface area (Å²) in [7, 11) is 1.68. The fourth-order valence-corrected chi connectivity index (χ4v) is 4.29. The second-order valence-electron chi connectivity index (χ2n) is 8.35. The van der Waals surface area contributed by atoms with E-state index in [1.807, 2.05) is 37.3 Å². The predicted molar refractivity (Wildman–Crippen MR) is 125 cm³/mol. The molecule has 0 aliphatic heterocycles. The van der Waals surface area contributed by atoms with Gasteiger partial charge in [-0.25, -0.2) is 0 Å². The van der Waals surface area contributed by atoms with Crippen molar-refractivity contribution in [3.05, 3.63) is 60.2 Å². The first kappa shape index (κ1) is 25.3. The third-order valence-corrected chi connectivity index (χ3v) is 6.05. The number of hydrogen-bond donors (Lipinski definition) is 3. The van der Waals surface area contributed by atoms with E-state index in [0.29, 0.717) is 25.8 Å². The topological polar surface area (TPSA) is 78.8 Å². The molecule has 0 spiro atoms. The molecule has 5 heteroatoms. The number of nitrogens with one attached hydrogen (secondary N) is 1. The second kappa shape index (κ2) is 14.2. The van der Waals surface area contributed by atoms with Gasteiger partial charge in [-0.2, -0.15) is 0 Å². The van der Waals surface area contributed by atoms with Gasteiger partial charge in [0.25, 0.3) is 0 Å². The molecule has 1 aliphatic rings. The number of unbranched alkanes of at least 4 members (excludes halogenated alkanes) is 1. The maximum Gasteiger partial charge on any atom is 0.219 e. The zero-order chi connectivity index (χ0) is 22.5. The molecule has 3 N–H and O–H groups in total. The number of rotatable bonds is 13. The molecule has 1 fully saturated rings. The van der Waals surface area contributed by atoms with E-state index in [9.17, 15) is 15.0 Å². The highest BCUT2D eigenvalue weighted by Gasteiger charge is 2.40. The molecule has 5 nitrogen and oxygen atoms in total. The minimum absolute atomic E-state index is 0.0382. The van der Waals surface area contributed by atoms with Gasteiger partial charge in [-0.1, -0.05) is 54.6 Å². The average molecular weight is 430 g/mol. The number of amides is 1. The lowest BCUT2D eigenvalue weighted by Gasteiger charge is -2.21. The zero-order valence-corrected chi connectivity index (χ0v) is 19.0. The van der Waals surface area contributed by atoms with Crippen LogP contribution in [-0.2, 0) is 16.0 Å². The Labute approximate surface area is 187 Å². The van der Waals surface area contributed by atoms with Gasteiger partial charge in [-0.05, 0) is 50.5 Å². The first-order chi connectivity index (χ1) is 15.0. The van der Waals surface area contributed by atoms with Crippen molar-refractivity contribution in [2.24, 2.45) is 11.8 Å². The molecule has 5 unspecified atom stereocenters. The number of aryl methyl sites for hydroxylation is 1. The van der Waals surface area contributed by atoms with Crippen LogP contribution in [0, 0.1) is 11.8 Å². The Bertz CT molecular complexity index is 688. The van der Waals surface area contributed by atoms with E-state index >= 15 is 0 Å². The number of allylic oxidation sites excluding steroid dienone is 2. The standard InChI is InChI=1S/C26H39NO4/c1-3-27-26(30)14-10-5-4-9-13-22-23(25(31-2)19-24(22)29)18-17-21(28)16-15-20-11-7-6-8-12-20/h4,6-9,11-12,17-18,21-25,28-29H,3,5,10,13-16,19H2,1-2H3,(H,27,30)/b9-4-,18-17+. The molecule has 2 rings (SSSR count). The van der Waals surface area contributed by atoms with E-state index in [-0.39, 0.29) is 23.8 Å². The van der Waals surface area contributed by atoms with E-state index in [1.54, 1.807) is 7.11 Å². The van der Waals surface area contributed by atoms with E-state index in [4.69, 9.17) is 4.74 Å². The van der Waals surface area contributed by atoms with Crippen molar-refractivity contribution in [1.29, 1.82) is 0 Å². The molecule has 0 heterocycles. The molecule has 1 aromatic rings. The summed E-state index contributed by atoms with van der Waals surface area (Å²) in [5.74, 6) is 0.245. The van der Waals surface area contributed by atoms with Crippen LogP contribution < -0.4 is 5.32 Å². The summed E-state index contributed by atoms with van der Waals surface area (Å²) in [5.41, 5.74) is 1.22. The van der Waals surface area contributed by atoms with Crippen LogP contribution in [0.5, 0.6) is 0 Å². The van der Waals surface area contributed by atoms with Gasteiger partial charge in [-0.3, -0.25) is 4.79 Å². The SMILES string of the molecule is CCNC(=O)CCC/C=C\CC1C(O)CC(OC)C1/C=C/C(O)CCc1ccccc1. The molecular formula is C26H39NO4. The number of hydrogen-bond acceptors (Lipinski definition) is 4. The Morgan fingerprint density at radius 3 is 2.77 bits per heavy atom. The van der Waals surface area contributed by atoms with Gasteiger partial charge in [0, 0.05) is 32.4 Å². The summed E-state index contributed by atoms with van der Waals surface area (Å²) in [6.45, 7) is 2.59. The summed E-state index contributed by atoms with van der Waals surface area (Å²) in [6.07, 6.45) is 12.2. The summed E-state index contributed by atoms with van der Waals surface area (Å²) in [4.78, 5) is 11.5. The fourth-order valence-electron chi connectivity index (χ4n) is 4.29. The maximum absolute atomic E-state index is 11.5. The van der Waals surface area contributed by atoms with Crippen molar-refractivity contribution in [3.8, 4) is 0 Å². The number of aliphatic hydroxyl groups is 2. The lowest BCUT2D eigenvalue weighted by Crippen LogP contribution is -2.22. The van der Waals surface area contributed by atoms with E-state index in [1.165, 1.54) is 5.56 Å². The maximum atomic E-state index is 11.5. The fraction of sp³-hybridized carbons (Fsp3) is 0.577. The van der Waals surface area contributed by atoms with Crippen LogP contribution >= 0.6 is 0 Å². The van der Waals surface area contributed by atoms with Gasteiger partial charge >= 0.3 is 0 Å². The lowest BCUT2D eigenvalue weighted by atomic mass is 9.89. The Kier molecular flexibility index (Phi) is 11.6. The third-order valence-electron chi connectivity index (χ3n) is 6.05. The highest BCUT2D eigenvalue weighted by molar-refractivity contribution is 5.75. The minimum atomic E-state index is -0.513. The van der Waals surface area contributed by atoms with Crippen molar-refractivity contribution < 1.29 is 19.7 Å². The second-order valence-corrected chi connectivity index (χ2v) is 8.35. The van der Waals surface area contributed by atoms with Crippen molar-refractivity contribution in [1.82, 2.24) is 5.32 Å². The third kappa shape index (κ3) is 8.98. The van der Waals surface area contributed by atoms with Gasteiger partial charge in [0.1, 0.15) is 0 Å². The van der Waals surface area contributed by atoms with Crippen LogP contribution in [0.4, 0.5) is 0 Å². The smallest absolute Gasteiger partial charge is 0.219 e. The molecule has 31 heavy (non-hydrogen) atoms. The monoisotopic (exact) mass is 429 g/mol. The van der Waals surface area contributed by atoms with Gasteiger partial charge in [0.05, 0.1) is 18.3 Å². The van der Waals surface area contributed by atoms with E-state index < -0.39 is 12.2 Å². The molecule has 1 aliphatic carbocycles. The highest BCUT2D eigenvalue weighted by atomic mass is 16.5. The van der Waals surface area contributed by atoms with Crippen molar-refractivity contribution in [2.75, 3.05) is 13.7 Å². The highest BCUT2D eigenvalue weighted by Crippen LogP contribution is 2.38. The normalized spacial score (nSPS) is 24.8. The van der Waals surface area contributed by atoms with Gasteiger partial charge in [-0.15, -0.1) is 0 Å². The molecule has 0 saturated heterocycles. The molecule has 1 aromatic carbocycles. The number of carbonyl (C=O) groups excluding carboxylic acids is 1. The summed E-state index contributed by atoms with van der Waals surface area (Å²) < 4.78 is 5.62. The zero-order valence-electron chi connectivity index (χ0n) is 19.0. The Balaban J connectivity index is 1.83. The first-order valence-electron chi connectivity index (χ1n) is 11.6. The minimum Gasteiger partial charge on any atom is -0.393 e. The van der Waals surface area contributed by atoms with Crippen LogP contribution in [0.3, 0.4) is 0 Å². The van der Waals surface area contributed by atoms with Crippen LogP contribution in [-0.4, -0.2) is 48.1 Å². The number of carbonyl (C=O) groups is 1. The van der Waals surface area contributed by atoms with Gasteiger partial charge < -0.3 is 20.3 Å². The Morgan fingerprint density at radius 1 is 1.29 bits per heavy atom. The Hall–Kier alpha value is -1.95. The molecule has 0 aromatic heterocycles. The quantitative estimate of drug-likeness (QED) is 0.329. The number of ether oxygens (including phenoxy) is 1. The molecule has 0 bridgehead atoms. The van der Waals surface area contributed by atoms with Crippen molar-refractivity contribution >= 4 is 5.91 Å². The molecule has 1 amide bonds. The predicted octanol–water partition coefficient (Wildman–Crippen LogP) is 3.80. The molecule has 0 radical (unpaired) electrons. The van der Waals surface area contributed by atoms with E-state index in [0.717, 1.165) is 25.7 Å². The lowest BCUT2D eigenvalue weighted by molar-refractivity contribution is -0.121. The molecule has 1 saturated carbocycles. The molecular weight excluding hydrogens is 390 g/mol. The summed E-state index contributed by atoms with van der Waals surface area (Å²) in [5, 5.41) is 23.8. The first-order valence-corrected chi connectivity index (χ1v) is 11.6. The molecule has 5 atom stereocenters. The largest absolute Gasteiger partial charge is 0.393 e. The van der Waals surface area contributed by atoms with Crippen LogP contribution in [0.2, 0.25) is 0 Å². The van der Waals surface area contributed by atoms with Crippen LogP contribution in [0.1, 0.15) is 51.0 Å². The number of benzene rings is 1. The van der Waals surface area contributed by atoms with Gasteiger partial charge in [0.15, 0.2) is 0 Å². The van der Waals surface area contributed by atoms with Gasteiger partial charge in [0.2, 0.25) is 5.91 Å². The average Bonchev–Trinajstić information content (AvgIpc) is 3.08. The Morgan fingerprint density at radius 2 is 2.06 bits per heavy atom. The van der Waals surface area contributed by atoms with Crippen molar-refractivity contribution in [3.63, 3.8) is 0 Å². The van der Waals surface area contributed by atoms with Crippen LogP contribution in [0.15, 0.2) is 54.6 Å². The van der Waals surface area contributed by atoms with E-state index in [2.05, 4.69) is 29.6 Å². The summed E-state index contributed by atoms with van der Waals surface area (Å²) in [6, 6.07) is 10.2. The number of methoxy groups -OCH3 is 1. The van der Waals surface area contributed by atoms with Crippen LogP contribution in [0.25, 0.3) is 0 Å². The number of aliphatic hydroxyl groups excluding tert-OH is 2. The van der Waals surface area contributed by atoms with Crippen molar-refractivity contribution in [2.45, 2.75) is 70.2 Å².